The highest BCUT2D eigenvalue weighted by molar-refractivity contribution is 5.42. The molecule has 2 N–H and O–H groups in total. The summed E-state index contributed by atoms with van der Waals surface area (Å²) in [6.07, 6.45) is 3.51. The first-order valence-electron chi connectivity index (χ1n) is 8.31. The summed E-state index contributed by atoms with van der Waals surface area (Å²) in [5.74, 6) is 0.478. The molecule has 0 aliphatic heterocycles. The molecule has 0 amide bonds. The van der Waals surface area contributed by atoms with E-state index in [1.54, 1.807) is 0 Å². The van der Waals surface area contributed by atoms with E-state index in [2.05, 4.69) is 56.6 Å². The highest BCUT2D eigenvalue weighted by Gasteiger charge is 2.26. The van der Waals surface area contributed by atoms with Gasteiger partial charge in [0.25, 0.3) is 0 Å². The van der Waals surface area contributed by atoms with Gasteiger partial charge in [-0.3, -0.25) is 0 Å². The number of aryl methyl sites for hydroxylation is 1. The van der Waals surface area contributed by atoms with Crippen molar-refractivity contribution < 1.29 is 0 Å². The smallest absolute Gasteiger partial charge is 0.0649 e. The van der Waals surface area contributed by atoms with Gasteiger partial charge in [-0.15, -0.1) is 0 Å². The van der Waals surface area contributed by atoms with Gasteiger partial charge in [-0.1, -0.05) is 32.9 Å². The molecular formula is C19H27N3. The van der Waals surface area contributed by atoms with E-state index < -0.39 is 0 Å². The van der Waals surface area contributed by atoms with Gasteiger partial charge in [0.05, 0.1) is 11.4 Å². The van der Waals surface area contributed by atoms with E-state index in [1.165, 1.54) is 29.7 Å². The minimum atomic E-state index is 0.183. The van der Waals surface area contributed by atoms with Crippen molar-refractivity contribution in [3.8, 4) is 5.69 Å². The molecule has 2 aromatic rings. The SMILES string of the molecule is Cc1nn(-c2ccc(C(C)(C)C)cc2)c2c1C(CN)CCC2. The van der Waals surface area contributed by atoms with Crippen LogP contribution in [0, 0.1) is 6.92 Å². The van der Waals surface area contributed by atoms with Gasteiger partial charge in [0.15, 0.2) is 0 Å². The van der Waals surface area contributed by atoms with Crippen LogP contribution in [0.15, 0.2) is 24.3 Å². The van der Waals surface area contributed by atoms with E-state index in [1.807, 2.05) is 0 Å². The Balaban J connectivity index is 2.03. The molecule has 3 nitrogen and oxygen atoms in total. The number of hydrogen-bond donors (Lipinski definition) is 1. The molecule has 22 heavy (non-hydrogen) atoms. The normalized spacial score (nSPS) is 18.3. The van der Waals surface area contributed by atoms with Crippen LogP contribution in [0.3, 0.4) is 0 Å². The second-order valence-electron chi connectivity index (χ2n) is 7.48. The second-order valence-corrected chi connectivity index (χ2v) is 7.48. The molecule has 0 fully saturated rings. The third-order valence-corrected chi connectivity index (χ3v) is 4.84. The van der Waals surface area contributed by atoms with E-state index in [0.717, 1.165) is 24.3 Å². The van der Waals surface area contributed by atoms with Crippen molar-refractivity contribution >= 4 is 0 Å². The fraction of sp³-hybridized carbons (Fsp3) is 0.526. The molecule has 3 heteroatoms. The molecule has 1 aliphatic carbocycles. The van der Waals surface area contributed by atoms with Crippen molar-refractivity contribution in [1.82, 2.24) is 9.78 Å². The van der Waals surface area contributed by atoms with Crippen LogP contribution < -0.4 is 5.73 Å². The quantitative estimate of drug-likeness (QED) is 0.915. The molecule has 0 radical (unpaired) electrons. The van der Waals surface area contributed by atoms with Crippen LogP contribution in [-0.4, -0.2) is 16.3 Å². The Hall–Kier alpha value is -1.61. The third kappa shape index (κ3) is 2.58. The number of fused-ring (bicyclic) bond motifs is 1. The Morgan fingerprint density at radius 3 is 2.50 bits per heavy atom. The standard InChI is InChI=1S/C19H27N3/c1-13-18-14(12-20)6-5-7-17(18)22(21-13)16-10-8-15(9-11-16)19(2,3)4/h8-11,14H,5-7,12,20H2,1-4H3. The van der Waals surface area contributed by atoms with Gasteiger partial charge in [-0.2, -0.15) is 5.10 Å². The zero-order valence-electron chi connectivity index (χ0n) is 14.2. The number of hydrogen-bond acceptors (Lipinski definition) is 2. The lowest BCUT2D eigenvalue weighted by atomic mass is 9.85. The maximum absolute atomic E-state index is 5.97. The van der Waals surface area contributed by atoms with Crippen LogP contribution in [0.5, 0.6) is 0 Å². The monoisotopic (exact) mass is 297 g/mol. The fourth-order valence-electron chi connectivity index (χ4n) is 3.57. The summed E-state index contributed by atoms with van der Waals surface area (Å²) in [7, 11) is 0. The van der Waals surface area contributed by atoms with Crippen LogP contribution in [0.1, 0.15) is 62.0 Å². The number of nitrogens with two attached hydrogens (primary N) is 1. The lowest BCUT2D eigenvalue weighted by Crippen LogP contribution is -2.19. The molecule has 0 bridgehead atoms. The summed E-state index contributed by atoms with van der Waals surface area (Å²) in [6.45, 7) is 9.57. The summed E-state index contributed by atoms with van der Waals surface area (Å²) in [5.41, 5.74) is 12.6. The molecule has 1 atom stereocenters. The predicted molar refractivity (Wildman–Crippen MR) is 91.7 cm³/mol. The minimum absolute atomic E-state index is 0.183. The first-order valence-corrected chi connectivity index (χ1v) is 8.31. The third-order valence-electron chi connectivity index (χ3n) is 4.84. The molecule has 1 unspecified atom stereocenters. The largest absolute Gasteiger partial charge is 0.330 e. The Kier molecular flexibility index (Phi) is 3.85. The molecule has 0 saturated carbocycles. The van der Waals surface area contributed by atoms with Crippen molar-refractivity contribution in [2.75, 3.05) is 6.54 Å². The number of aromatic nitrogens is 2. The van der Waals surface area contributed by atoms with Crippen LogP contribution in [0.4, 0.5) is 0 Å². The van der Waals surface area contributed by atoms with Crippen molar-refractivity contribution in [3.63, 3.8) is 0 Å². The summed E-state index contributed by atoms with van der Waals surface area (Å²) < 4.78 is 2.14. The van der Waals surface area contributed by atoms with Crippen molar-refractivity contribution in [2.45, 2.75) is 58.3 Å². The maximum Gasteiger partial charge on any atom is 0.0649 e. The predicted octanol–water partition coefficient (Wildman–Crippen LogP) is 3.86. The van der Waals surface area contributed by atoms with E-state index in [0.29, 0.717) is 5.92 Å². The van der Waals surface area contributed by atoms with E-state index >= 15 is 0 Å². The van der Waals surface area contributed by atoms with Gasteiger partial charge in [0.1, 0.15) is 0 Å². The molecular weight excluding hydrogens is 270 g/mol. The summed E-state index contributed by atoms with van der Waals surface area (Å²) in [4.78, 5) is 0. The van der Waals surface area contributed by atoms with Gasteiger partial charge in [-0.05, 0) is 61.8 Å². The average Bonchev–Trinajstić information content (AvgIpc) is 2.84. The van der Waals surface area contributed by atoms with Gasteiger partial charge >= 0.3 is 0 Å². The van der Waals surface area contributed by atoms with Crippen LogP contribution in [0.25, 0.3) is 5.69 Å². The van der Waals surface area contributed by atoms with Crippen LogP contribution in [0.2, 0.25) is 0 Å². The number of benzene rings is 1. The summed E-state index contributed by atoms with van der Waals surface area (Å²) in [5, 5.41) is 4.81. The molecule has 1 aromatic heterocycles. The molecule has 0 spiro atoms. The lowest BCUT2D eigenvalue weighted by molar-refractivity contribution is 0.548. The fourth-order valence-corrected chi connectivity index (χ4v) is 3.57. The first kappa shape index (κ1) is 15.3. The van der Waals surface area contributed by atoms with Gasteiger partial charge in [0, 0.05) is 11.3 Å². The number of rotatable bonds is 2. The zero-order valence-corrected chi connectivity index (χ0v) is 14.2. The zero-order chi connectivity index (χ0) is 15.9. The number of nitrogens with zero attached hydrogens (tertiary/aromatic N) is 2. The second kappa shape index (κ2) is 5.54. The molecule has 1 heterocycles. The van der Waals surface area contributed by atoms with Crippen LogP contribution in [-0.2, 0) is 11.8 Å². The van der Waals surface area contributed by atoms with E-state index in [4.69, 9.17) is 10.8 Å². The molecule has 3 rings (SSSR count). The maximum atomic E-state index is 5.97. The molecule has 118 valence electrons. The topological polar surface area (TPSA) is 43.8 Å². The first-order chi connectivity index (χ1) is 10.4. The highest BCUT2D eigenvalue weighted by Crippen LogP contribution is 2.34. The van der Waals surface area contributed by atoms with E-state index in [-0.39, 0.29) is 5.41 Å². The Labute approximate surface area is 133 Å². The van der Waals surface area contributed by atoms with Crippen molar-refractivity contribution in [2.24, 2.45) is 5.73 Å². The minimum Gasteiger partial charge on any atom is -0.330 e. The molecule has 0 saturated heterocycles. The summed E-state index contributed by atoms with van der Waals surface area (Å²) >= 11 is 0. The van der Waals surface area contributed by atoms with Crippen molar-refractivity contribution in [3.05, 3.63) is 46.8 Å². The Bertz CT molecular complexity index is 659. The van der Waals surface area contributed by atoms with Crippen LogP contribution >= 0.6 is 0 Å². The van der Waals surface area contributed by atoms with Gasteiger partial charge < -0.3 is 5.73 Å². The highest BCUT2D eigenvalue weighted by atomic mass is 15.3. The van der Waals surface area contributed by atoms with Gasteiger partial charge in [0.2, 0.25) is 0 Å². The molecule has 1 aromatic carbocycles. The average molecular weight is 297 g/mol. The van der Waals surface area contributed by atoms with Gasteiger partial charge in [-0.25, -0.2) is 4.68 Å². The summed E-state index contributed by atoms with van der Waals surface area (Å²) in [6, 6.07) is 8.84. The Morgan fingerprint density at radius 2 is 1.91 bits per heavy atom. The van der Waals surface area contributed by atoms with E-state index in [9.17, 15) is 0 Å². The lowest BCUT2D eigenvalue weighted by Gasteiger charge is -2.23. The Morgan fingerprint density at radius 1 is 1.23 bits per heavy atom. The van der Waals surface area contributed by atoms with Crippen molar-refractivity contribution in [1.29, 1.82) is 0 Å². The molecule has 1 aliphatic rings.